The molecule has 8 nitrogen and oxygen atoms in total. The molecule has 0 aliphatic rings. The monoisotopic (exact) mass is 430 g/mol. The quantitative estimate of drug-likeness (QED) is 0.290. The van der Waals surface area contributed by atoms with Crippen molar-refractivity contribution >= 4 is 34.0 Å². The van der Waals surface area contributed by atoms with Crippen LogP contribution < -0.4 is 10.2 Å². The number of nitrogens with zero attached hydrogens (tertiary/aromatic N) is 3. The lowest BCUT2D eigenvalue weighted by Gasteiger charge is -2.03. The molecule has 0 aliphatic carbocycles. The van der Waals surface area contributed by atoms with Crippen LogP contribution in [-0.2, 0) is 7.05 Å². The van der Waals surface area contributed by atoms with E-state index in [1.54, 1.807) is 50.5 Å². The zero-order valence-corrected chi connectivity index (χ0v) is 16.1. The van der Waals surface area contributed by atoms with E-state index in [-0.39, 0.29) is 5.91 Å². The van der Waals surface area contributed by atoms with Crippen molar-refractivity contribution in [2.24, 2.45) is 12.1 Å². The van der Waals surface area contributed by atoms with E-state index in [2.05, 4.69) is 31.6 Å². The lowest BCUT2D eigenvalue weighted by atomic mass is 10.2. The first kappa shape index (κ1) is 18.6. The van der Waals surface area contributed by atoms with Crippen molar-refractivity contribution in [3.63, 3.8) is 0 Å². The molecule has 0 saturated carbocycles. The Kier molecular flexibility index (Phi) is 5.51. The normalized spacial score (nSPS) is 10.9. The summed E-state index contributed by atoms with van der Waals surface area (Å²) in [5, 5.41) is 7.93. The molecule has 1 aromatic carbocycles. The molecule has 0 atom stereocenters. The molecule has 2 heterocycles. The molecule has 1 amide bonds. The van der Waals surface area contributed by atoms with Crippen molar-refractivity contribution < 1.29 is 18.7 Å². The Hall–Kier alpha value is -3.20. The van der Waals surface area contributed by atoms with Crippen molar-refractivity contribution in [1.82, 2.24) is 15.2 Å². The highest BCUT2D eigenvalue weighted by Crippen LogP contribution is 2.18. The number of ether oxygens (including phenoxy) is 1. The van der Waals surface area contributed by atoms with Crippen LogP contribution in [0, 0.1) is 6.92 Å². The van der Waals surface area contributed by atoms with Gasteiger partial charge < -0.3 is 9.15 Å². The van der Waals surface area contributed by atoms with Crippen molar-refractivity contribution in [2.45, 2.75) is 6.92 Å². The van der Waals surface area contributed by atoms with E-state index in [0.717, 1.165) is 5.56 Å². The van der Waals surface area contributed by atoms with Gasteiger partial charge in [0, 0.05) is 13.2 Å². The third-order valence-corrected chi connectivity index (χ3v) is 4.16. The smallest absolute Gasteiger partial charge is 0.347 e. The van der Waals surface area contributed by atoms with E-state index in [1.165, 1.54) is 17.2 Å². The van der Waals surface area contributed by atoms with Gasteiger partial charge in [-0.1, -0.05) is 0 Å². The van der Waals surface area contributed by atoms with Crippen LogP contribution >= 0.6 is 15.9 Å². The fourth-order valence-electron chi connectivity index (χ4n) is 2.23. The van der Waals surface area contributed by atoms with E-state index in [1.807, 2.05) is 0 Å². The average Bonchev–Trinajstić information content (AvgIpc) is 3.21. The number of benzene rings is 1. The van der Waals surface area contributed by atoms with Crippen LogP contribution in [0.5, 0.6) is 5.75 Å². The van der Waals surface area contributed by atoms with Crippen molar-refractivity contribution in [3.05, 3.63) is 69.8 Å². The zero-order valence-electron chi connectivity index (χ0n) is 14.5. The highest BCUT2D eigenvalue weighted by molar-refractivity contribution is 9.10. The summed E-state index contributed by atoms with van der Waals surface area (Å²) in [6, 6.07) is 8.25. The topological polar surface area (TPSA) is 98.7 Å². The second-order valence-corrected chi connectivity index (χ2v) is 6.31. The Bertz CT molecular complexity index is 1000. The number of hydrogen-bond acceptors (Lipinski definition) is 6. The molecule has 0 unspecified atom stereocenters. The van der Waals surface area contributed by atoms with Crippen LogP contribution in [0.25, 0.3) is 0 Å². The molecule has 0 fully saturated rings. The summed E-state index contributed by atoms with van der Waals surface area (Å²) >= 11 is 3.21. The third-order valence-electron chi connectivity index (χ3n) is 3.58. The first-order valence-corrected chi connectivity index (χ1v) is 8.62. The van der Waals surface area contributed by atoms with Gasteiger partial charge in [0.2, 0.25) is 0 Å². The molecule has 0 saturated heterocycles. The number of aromatic nitrogens is 2. The molecule has 0 spiro atoms. The number of amides is 1. The Balaban J connectivity index is 1.58. The van der Waals surface area contributed by atoms with Gasteiger partial charge >= 0.3 is 5.97 Å². The SMILES string of the molecule is Cc1occc1C(=O)NN=Cc1ccc(OC(=O)c2cn(C)nc2Br)cc1. The van der Waals surface area contributed by atoms with Gasteiger partial charge in [-0.3, -0.25) is 9.48 Å². The first-order chi connectivity index (χ1) is 12.9. The number of hydrazone groups is 1. The fraction of sp³-hybridized carbons (Fsp3) is 0.111. The van der Waals surface area contributed by atoms with Gasteiger partial charge in [-0.25, -0.2) is 10.2 Å². The molecule has 2 aromatic heterocycles. The van der Waals surface area contributed by atoms with Crippen molar-refractivity contribution in [2.75, 3.05) is 0 Å². The summed E-state index contributed by atoms with van der Waals surface area (Å²) in [6.45, 7) is 1.70. The lowest BCUT2D eigenvalue weighted by Crippen LogP contribution is -2.17. The predicted molar refractivity (Wildman–Crippen MR) is 101 cm³/mol. The van der Waals surface area contributed by atoms with E-state index in [9.17, 15) is 9.59 Å². The average molecular weight is 431 g/mol. The Morgan fingerprint density at radius 2 is 2.00 bits per heavy atom. The number of furan rings is 1. The maximum Gasteiger partial charge on any atom is 0.347 e. The molecule has 9 heteroatoms. The number of rotatable bonds is 5. The number of aryl methyl sites for hydroxylation is 2. The predicted octanol–water partition coefficient (Wildman–Crippen LogP) is 3.07. The zero-order chi connectivity index (χ0) is 19.4. The molecule has 0 radical (unpaired) electrons. The van der Waals surface area contributed by atoms with Gasteiger partial charge in [-0.2, -0.15) is 10.2 Å². The fourth-order valence-corrected chi connectivity index (χ4v) is 2.74. The molecule has 0 aliphatic heterocycles. The van der Waals surface area contributed by atoms with E-state index in [4.69, 9.17) is 9.15 Å². The summed E-state index contributed by atoms with van der Waals surface area (Å²) in [5.41, 5.74) is 3.91. The van der Waals surface area contributed by atoms with Gasteiger partial charge in [-0.05, 0) is 58.7 Å². The number of carbonyl (C=O) groups excluding carboxylic acids is 2. The molecule has 3 rings (SSSR count). The number of nitrogens with one attached hydrogen (secondary N) is 1. The van der Waals surface area contributed by atoms with Gasteiger partial charge in [0.25, 0.3) is 5.91 Å². The van der Waals surface area contributed by atoms with E-state index >= 15 is 0 Å². The Labute approximate surface area is 162 Å². The minimum Gasteiger partial charge on any atom is -0.469 e. The number of esters is 1. The largest absolute Gasteiger partial charge is 0.469 e. The maximum absolute atomic E-state index is 12.1. The molecule has 27 heavy (non-hydrogen) atoms. The summed E-state index contributed by atoms with van der Waals surface area (Å²) < 4.78 is 12.3. The van der Waals surface area contributed by atoms with Crippen LogP contribution in [0.3, 0.4) is 0 Å². The van der Waals surface area contributed by atoms with E-state index < -0.39 is 5.97 Å². The minimum absolute atomic E-state index is 0.334. The van der Waals surface area contributed by atoms with Crippen LogP contribution in [0.1, 0.15) is 32.0 Å². The second-order valence-electron chi connectivity index (χ2n) is 5.56. The second kappa shape index (κ2) is 8.00. The Morgan fingerprint density at radius 1 is 1.26 bits per heavy atom. The van der Waals surface area contributed by atoms with E-state index in [0.29, 0.717) is 27.2 Å². The van der Waals surface area contributed by atoms with Crippen LogP contribution in [0.15, 0.2) is 56.9 Å². The summed E-state index contributed by atoms with van der Waals surface area (Å²) in [7, 11) is 1.71. The number of halogens is 1. The molecule has 138 valence electrons. The van der Waals surface area contributed by atoms with Gasteiger partial charge in [0.1, 0.15) is 21.7 Å². The lowest BCUT2D eigenvalue weighted by molar-refractivity contribution is 0.0733. The highest BCUT2D eigenvalue weighted by atomic mass is 79.9. The summed E-state index contributed by atoms with van der Waals surface area (Å²) in [6.07, 6.45) is 4.49. The molecule has 0 bridgehead atoms. The molecule has 3 aromatic rings. The van der Waals surface area contributed by atoms with Crippen LogP contribution in [0.4, 0.5) is 0 Å². The Morgan fingerprint density at radius 3 is 2.59 bits per heavy atom. The minimum atomic E-state index is -0.515. The van der Waals surface area contributed by atoms with Crippen molar-refractivity contribution in [3.8, 4) is 5.75 Å². The molecule has 1 N–H and O–H groups in total. The van der Waals surface area contributed by atoms with Gasteiger partial charge in [-0.15, -0.1) is 0 Å². The number of carbonyl (C=O) groups is 2. The van der Waals surface area contributed by atoms with Crippen LogP contribution in [-0.4, -0.2) is 27.9 Å². The summed E-state index contributed by atoms with van der Waals surface area (Å²) in [5.74, 6) is 0.0318. The van der Waals surface area contributed by atoms with Crippen LogP contribution in [0.2, 0.25) is 0 Å². The summed E-state index contributed by atoms with van der Waals surface area (Å²) in [4.78, 5) is 24.0. The molecular weight excluding hydrogens is 416 g/mol. The standard InChI is InChI=1S/C18H15BrN4O4/c1-11-14(7-8-26-11)17(24)21-20-9-12-3-5-13(6-4-12)27-18(25)15-10-23(2)22-16(15)19/h3-10H,1-2H3,(H,21,24). The van der Waals surface area contributed by atoms with Gasteiger partial charge in [0.15, 0.2) is 0 Å². The van der Waals surface area contributed by atoms with Gasteiger partial charge in [0.05, 0.1) is 18.0 Å². The number of hydrogen-bond donors (Lipinski definition) is 1. The molecular formula is C18H15BrN4O4. The third kappa shape index (κ3) is 4.50. The van der Waals surface area contributed by atoms with Crippen molar-refractivity contribution in [1.29, 1.82) is 0 Å². The maximum atomic E-state index is 12.1. The highest BCUT2D eigenvalue weighted by Gasteiger charge is 2.16. The first-order valence-electron chi connectivity index (χ1n) is 7.83.